The number of fused-ring (bicyclic) bond motifs is 2. The number of hydrogen-bond donors (Lipinski definition) is 2. The summed E-state index contributed by atoms with van der Waals surface area (Å²) in [5.41, 5.74) is 3.07. The van der Waals surface area contributed by atoms with Gasteiger partial charge in [-0.1, -0.05) is 18.2 Å². The quantitative estimate of drug-likeness (QED) is 0.204. The molecule has 1 aromatic carbocycles. The lowest BCUT2D eigenvalue weighted by Gasteiger charge is -2.32. The summed E-state index contributed by atoms with van der Waals surface area (Å²) in [7, 11) is 2.14. The lowest BCUT2D eigenvalue weighted by atomic mass is 9.91. The highest BCUT2D eigenvalue weighted by molar-refractivity contribution is 6.01. The Labute approximate surface area is 254 Å². The van der Waals surface area contributed by atoms with Crippen LogP contribution in [0.5, 0.6) is 0 Å². The number of nitrogens with one attached hydrogen (secondary N) is 2. The maximum absolute atomic E-state index is 12.4. The lowest BCUT2D eigenvalue weighted by Crippen LogP contribution is -2.47. The van der Waals surface area contributed by atoms with E-state index in [2.05, 4.69) is 44.3 Å². The Kier molecular flexibility index (Phi) is 10.1. The van der Waals surface area contributed by atoms with E-state index in [1.54, 1.807) is 41.5 Å². The Hall–Kier alpha value is -3.99. The van der Waals surface area contributed by atoms with Crippen molar-refractivity contribution < 1.29 is 19.1 Å². The number of aryl methyl sites for hydroxylation is 2. The molecule has 1 aliphatic rings. The molecule has 2 N–H and O–H groups in total. The van der Waals surface area contributed by atoms with Crippen LogP contribution in [0.2, 0.25) is 0 Å². The summed E-state index contributed by atoms with van der Waals surface area (Å²) < 4.78 is 12.9. The summed E-state index contributed by atoms with van der Waals surface area (Å²) >= 11 is 0. The first kappa shape index (κ1) is 31.9. The normalized spacial score (nSPS) is 15.1. The van der Waals surface area contributed by atoms with Gasteiger partial charge in [-0.3, -0.25) is 25.5 Å². The summed E-state index contributed by atoms with van der Waals surface area (Å²) in [5.74, 6) is 0.942. The Balaban J connectivity index is 1.48. The third-order valence-electron chi connectivity index (χ3n) is 6.87. The van der Waals surface area contributed by atoms with E-state index in [1.807, 2.05) is 30.5 Å². The van der Waals surface area contributed by atoms with Crippen molar-refractivity contribution >= 4 is 29.2 Å². The molecular weight excluding hydrogens is 546 g/mol. The van der Waals surface area contributed by atoms with E-state index >= 15 is 0 Å². The van der Waals surface area contributed by atoms with Gasteiger partial charge >= 0.3 is 12.2 Å². The number of aromatic nitrogens is 3. The first-order valence-corrected chi connectivity index (χ1v) is 14.9. The van der Waals surface area contributed by atoms with Gasteiger partial charge in [-0.2, -0.15) is 0 Å². The molecular formula is C32H45N7O4. The van der Waals surface area contributed by atoms with Gasteiger partial charge in [0.1, 0.15) is 17.0 Å². The number of guanidine groups is 1. The van der Waals surface area contributed by atoms with Gasteiger partial charge < -0.3 is 14.0 Å². The number of aliphatic imine (C=N–C) groups is 1. The molecule has 1 unspecified atom stereocenters. The second-order valence-electron chi connectivity index (χ2n) is 12.9. The summed E-state index contributed by atoms with van der Waals surface area (Å²) in [4.78, 5) is 41.4. The highest BCUT2D eigenvalue weighted by atomic mass is 16.6. The van der Waals surface area contributed by atoms with E-state index in [0.717, 1.165) is 41.8 Å². The van der Waals surface area contributed by atoms with Crippen molar-refractivity contribution in [2.45, 2.75) is 97.6 Å². The molecule has 11 nitrogen and oxygen atoms in total. The number of hydrogen-bond acceptors (Lipinski definition) is 8. The number of carbonyl (C=O) groups excluding carboxylic acids is 2. The first-order valence-electron chi connectivity index (χ1n) is 14.9. The molecule has 0 saturated carbocycles. The number of carbonyl (C=O) groups is 2. The van der Waals surface area contributed by atoms with Crippen molar-refractivity contribution in [3.8, 4) is 0 Å². The fraction of sp³-hybridized carbons (Fsp3) is 0.531. The zero-order valence-electron chi connectivity index (χ0n) is 26.4. The van der Waals surface area contributed by atoms with E-state index < -0.39 is 23.4 Å². The number of imidazole rings is 1. The number of para-hydroxylation sites is 2. The molecule has 0 spiro atoms. The fourth-order valence-corrected chi connectivity index (χ4v) is 5.17. The standard InChI is InChI=1S/C32H45N7O4/c1-31(2,3)42-29(40)36-28(37-30(41)43-32(4,5)6)34-19-12-20-39-24-16-9-8-15-23(24)35-26(39)21-38(7)25-17-10-13-22-14-11-18-33-27(22)25/h8-9,11,14-16,18,25H,10,12-13,17,19-21H2,1-7H3,(H2,34,36,37,40,41). The van der Waals surface area contributed by atoms with Crippen LogP contribution in [0.4, 0.5) is 9.59 Å². The van der Waals surface area contributed by atoms with E-state index in [4.69, 9.17) is 19.4 Å². The van der Waals surface area contributed by atoms with Crippen LogP contribution in [-0.2, 0) is 29.0 Å². The summed E-state index contributed by atoms with van der Waals surface area (Å²) in [6, 6.07) is 12.5. The van der Waals surface area contributed by atoms with Gasteiger partial charge in [0.05, 0.1) is 29.3 Å². The van der Waals surface area contributed by atoms with Crippen molar-refractivity contribution in [1.82, 2.24) is 30.1 Å². The van der Waals surface area contributed by atoms with E-state index in [9.17, 15) is 9.59 Å². The zero-order valence-corrected chi connectivity index (χ0v) is 26.4. The SMILES string of the molecule is CN(Cc1nc2ccccc2n1CCCN=C(NC(=O)OC(C)(C)C)NC(=O)OC(C)(C)C)C1CCCc2cccnc21. The van der Waals surface area contributed by atoms with Crippen LogP contribution in [0.25, 0.3) is 11.0 Å². The maximum atomic E-state index is 12.4. The highest BCUT2D eigenvalue weighted by Gasteiger charge is 2.26. The predicted molar refractivity (Wildman–Crippen MR) is 167 cm³/mol. The number of alkyl carbamates (subject to hydrolysis) is 2. The van der Waals surface area contributed by atoms with Crippen molar-refractivity contribution in [3.05, 3.63) is 59.7 Å². The minimum absolute atomic E-state index is 0.0255. The highest BCUT2D eigenvalue weighted by Crippen LogP contribution is 2.33. The molecule has 0 saturated heterocycles. The van der Waals surface area contributed by atoms with Gasteiger partial charge in [-0.15, -0.1) is 0 Å². The molecule has 3 aromatic rings. The molecule has 0 bridgehead atoms. The van der Waals surface area contributed by atoms with Crippen LogP contribution in [-0.4, -0.2) is 62.4 Å². The molecule has 11 heteroatoms. The van der Waals surface area contributed by atoms with Crippen molar-refractivity contribution in [2.75, 3.05) is 13.6 Å². The van der Waals surface area contributed by atoms with Crippen LogP contribution in [0.15, 0.2) is 47.6 Å². The molecule has 0 radical (unpaired) electrons. The molecule has 4 rings (SSSR count). The molecule has 2 heterocycles. The monoisotopic (exact) mass is 591 g/mol. The second kappa shape index (κ2) is 13.5. The Morgan fingerprint density at radius 3 is 2.37 bits per heavy atom. The van der Waals surface area contributed by atoms with Crippen molar-refractivity contribution in [3.63, 3.8) is 0 Å². The van der Waals surface area contributed by atoms with E-state index in [1.165, 1.54) is 5.56 Å². The molecule has 232 valence electrons. The number of amides is 2. The molecule has 2 aromatic heterocycles. The zero-order chi connectivity index (χ0) is 31.2. The molecule has 0 fully saturated rings. The Morgan fingerprint density at radius 2 is 1.70 bits per heavy atom. The molecule has 43 heavy (non-hydrogen) atoms. The number of nitrogens with zero attached hydrogens (tertiary/aromatic N) is 5. The summed E-state index contributed by atoms with van der Waals surface area (Å²) in [6.45, 7) is 12.2. The topological polar surface area (TPSA) is 123 Å². The number of rotatable bonds is 7. The summed E-state index contributed by atoms with van der Waals surface area (Å²) in [5, 5.41) is 5.08. The van der Waals surface area contributed by atoms with Crippen LogP contribution >= 0.6 is 0 Å². The third-order valence-corrected chi connectivity index (χ3v) is 6.87. The Bertz CT molecular complexity index is 1420. The van der Waals surface area contributed by atoms with Gasteiger partial charge in [0.15, 0.2) is 0 Å². The fourth-order valence-electron chi connectivity index (χ4n) is 5.17. The van der Waals surface area contributed by atoms with Crippen LogP contribution in [0.1, 0.15) is 83.9 Å². The number of benzene rings is 1. The Morgan fingerprint density at radius 1 is 1.02 bits per heavy atom. The van der Waals surface area contributed by atoms with Crippen molar-refractivity contribution in [2.24, 2.45) is 4.99 Å². The van der Waals surface area contributed by atoms with Crippen molar-refractivity contribution in [1.29, 1.82) is 0 Å². The van der Waals surface area contributed by atoms with Gasteiger partial charge in [-0.25, -0.2) is 14.6 Å². The molecule has 1 atom stereocenters. The molecule has 1 aliphatic carbocycles. The average Bonchev–Trinajstić information content (AvgIpc) is 3.25. The number of pyridine rings is 1. The summed E-state index contributed by atoms with van der Waals surface area (Å²) in [6.07, 6.45) is 4.36. The number of ether oxygens (including phenoxy) is 2. The second-order valence-corrected chi connectivity index (χ2v) is 12.9. The maximum Gasteiger partial charge on any atom is 0.414 e. The average molecular weight is 592 g/mol. The van der Waals surface area contributed by atoms with E-state index in [0.29, 0.717) is 26.1 Å². The van der Waals surface area contributed by atoms with E-state index in [-0.39, 0.29) is 12.0 Å². The predicted octanol–water partition coefficient (Wildman–Crippen LogP) is 5.74. The van der Waals surface area contributed by atoms with Gasteiger partial charge in [0.25, 0.3) is 0 Å². The first-order chi connectivity index (χ1) is 20.3. The lowest BCUT2D eigenvalue weighted by molar-refractivity contribution is 0.0545. The van der Waals surface area contributed by atoms with Gasteiger partial charge in [-0.05, 0) is 98.0 Å². The largest absolute Gasteiger partial charge is 0.444 e. The van der Waals surface area contributed by atoms with Crippen LogP contribution < -0.4 is 10.6 Å². The van der Waals surface area contributed by atoms with Gasteiger partial charge in [0, 0.05) is 19.3 Å². The van der Waals surface area contributed by atoms with Crippen LogP contribution in [0.3, 0.4) is 0 Å². The third kappa shape index (κ3) is 9.25. The smallest absolute Gasteiger partial charge is 0.414 e. The minimum atomic E-state index is -0.716. The molecule has 2 amide bonds. The minimum Gasteiger partial charge on any atom is -0.444 e. The van der Waals surface area contributed by atoms with Crippen LogP contribution in [0, 0.1) is 0 Å². The molecule has 0 aliphatic heterocycles. The van der Waals surface area contributed by atoms with Gasteiger partial charge in [0.2, 0.25) is 5.96 Å².